The van der Waals surface area contributed by atoms with Crippen LogP contribution in [0, 0.1) is 13.8 Å². The predicted octanol–water partition coefficient (Wildman–Crippen LogP) is 2.84. The minimum absolute atomic E-state index is 0.137. The Labute approximate surface area is 95.8 Å². The van der Waals surface area contributed by atoms with Gasteiger partial charge in [-0.2, -0.15) is 0 Å². The van der Waals surface area contributed by atoms with Gasteiger partial charge in [0.15, 0.2) is 0 Å². The predicted molar refractivity (Wildman–Crippen MR) is 65.6 cm³/mol. The molecule has 1 rings (SSSR count). The van der Waals surface area contributed by atoms with E-state index in [0.29, 0.717) is 5.69 Å². The number of nitrogen functional groups attached to an aromatic ring is 1. The summed E-state index contributed by atoms with van der Waals surface area (Å²) < 4.78 is 5.01. The Morgan fingerprint density at radius 1 is 1.38 bits per heavy atom. The lowest BCUT2D eigenvalue weighted by atomic mass is 10.1. The van der Waals surface area contributed by atoms with Gasteiger partial charge in [-0.1, -0.05) is 6.07 Å². The molecule has 16 heavy (non-hydrogen) atoms. The molecule has 1 aromatic carbocycles. The molecule has 0 aliphatic heterocycles. The molecule has 0 bridgehead atoms. The molecule has 3 N–H and O–H groups in total. The van der Waals surface area contributed by atoms with E-state index in [1.165, 1.54) is 0 Å². The molecular formula is C12H18N2O2. The zero-order chi connectivity index (χ0) is 12.3. The average Bonchev–Trinajstić information content (AvgIpc) is 2.17. The number of carbonyl (C=O) groups excluding carboxylic acids is 1. The third-order valence-corrected chi connectivity index (χ3v) is 2.29. The smallest absolute Gasteiger partial charge is 0.411 e. The van der Waals surface area contributed by atoms with Crippen molar-refractivity contribution in [3.8, 4) is 0 Å². The highest BCUT2D eigenvalue weighted by Gasteiger charge is 2.11. The first-order valence-electron chi connectivity index (χ1n) is 5.25. The van der Waals surface area contributed by atoms with Gasteiger partial charge in [0.25, 0.3) is 0 Å². The van der Waals surface area contributed by atoms with Crippen molar-refractivity contribution in [2.75, 3.05) is 11.1 Å². The number of nitrogens with one attached hydrogen (secondary N) is 1. The maximum atomic E-state index is 11.5. The molecule has 0 aliphatic carbocycles. The van der Waals surface area contributed by atoms with Crippen LogP contribution in [0.15, 0.2) is 12.1 Å². The Morgan fingerprint density at radius 2 is 2.00 bits per heavy atom. The molecule has 0 spiro atoms. The minimum Gasteiger partial charge on any atom is -0.447 e. The zero-order valence-electron chi connectivity index (χ0n) is 10.1. The molecule has 0 fully saturated rings. The van der Waals surface area contributed by atoms with Gasteiger partial charge in [-0.3, -0.25) is 5.32 Å². The highest BCUT2D eigenvalue weighted by Crippen LogP contribution is 2.25. The van der Waals surface area contributed by atoms with Crippen molar-refractivity contribution in [3.63, 3.8) is 0 Å². The number of hydrogen-bond acceptors (Lipinski definition) is 3. The van der Waals surface area contributed by atoms with Gasteiger partial charge >= 0.3 is 6.09 Å². The van der Waals surface area contributed by atoms with Gasteiger partial charge in [-0.05, 0) is 44.9 Å². The molecular weight excluding hydrogens is 204 g/mol. The van der Waals surface area contributed by atoms with Crippen molar-refractivity contribution in [2.24, 2.45) is 0 Å². The van der Waals surface area contributed by atoms with Gasteiger partial charge in [0.1, 0.15) is 0 Å². The molecule has 4 nitrogen and oxygen atoms in total. The molecule has 0 aromatic heterocycles. The van der Waals surface area contributed by atoms with Crippen molar-refractivity contribution in [1.82, 2.24) is 0 Å². The molecule has 88 valence electrons. The number of nitrogens with two attached hydrogens (primary N) is 1. The summed E-state index contributed by atoms with van der Waals surface area (Å²) in [5.74, 6) is 0. The number of ether oxygens (including phenoxy) is 1. The Hall–Kier alpha value is -1.71. The highest BCUT2D eigenvalue weighted by molar-refractivity contribution is 5.88. The number of carbonyl (C=O) groups is 1. The van der Waals surface area contributed by atoms with Gasteiger partial charge in [0, 0.05) is 5.69 Å². The van der Waals surface area contributed by atoms with Crippen molar-refractivity contribution in [3.05, 3.63) is 23.3 Å². The third-order valence-electron chi connectivity index (χ3n) is 2.29. The van der Waals surface area contributed by atoms with Crippen LogP contribution in [0.4, 0.5) is 16.2 Å². The van der Waals surface area contributed by atoms with E-state index in [-0.39, 0.29) is 6.10 Å². The second-order valence-corrected chi connectivity index (χ2v) is 4.05. The van der Waals surface area contributed by atoms with Crippen LogP contribution in [0.2, 0.25) is 0 Å². The van der Waals surface area contributed by atoms with E-state index in [4.69, 9.17) is 10.5 Å². The molecule has 4 heteroatoms. The lowest BCUT2D eigenvalue weighted by Gasteiger charge is -2.14. The van der Waals surface area contributed by atoms with Gasteiger partial charge in [-0.15, -0.1) is 0 Å². The fourth-order valence-electron chi connectivity index (χ4n) is 1.40. The van der Waals surface area contributed by atoms with E-state index < -0.39 is 6.09 Å². The average molecular weight is 222 g/mol. The summed E-state index contributed by atoms with van der Waals surface area (Å²) in [4.78, 5) is 11.5. The van der Waals surface area contributed by atoms with Crippen LogP contribution in [0.3, 0.4) is 0 Å². The van der Waals surface area contributed by atoms with Crippen LogP contribution in [0.5, 0.6) is 0 Å². The number of benzene rings is 1. The van der Waals surface area contributed by atoms with Gasteiger partial charge in [-0.25, -0.2) is 4.79 Å². The third kappa shape index (κ3) is 2.89. The maximum absolute atomic E-state index is 11.5. The molecule has 0 saturated heterocycles. The second kappa shape index (κ2) is 4.88. The first-order chi connectivity index (χ1) is 7.41. The molecule has 1 amide bonds. The van der Waals surface area contributed by atoms with Crippen LogP contribution in [0.25, 0.3) is 0 Å². The Bertz CT molecular complexity index is 400. The van der Waals surface area contributed by atoms with Crippen molar-refractivity contribution in [2.45, 2.75) is 33.8 Å². The standard InChI is InChI=1S/C12H18N2O2/c1-7(2)16-12(15)14-11-8(3)5-6-10(13)9(11)4/h5-7H,13H2,1-4H3,(H,14,15). The van der Waals surface area contributed by atoms with E-state index in [9.17, 15) is 4.79 Å². The fraction of sp³-hybridized carbons (Fsp3) is 0.417. The first-order valence-corrected chi connectivity index (χ1v) is 5.25. The van der Waals surface area contributed by atoms with E-state index in [0.717, 1.165) is 16.8 Å². The monoisotopic (exact) mass is 222 g/mol. The first kappa shape index (κ1) is 12.4. The van der Waals surface area contributed by atoms with Gasteiger partial charge in [0.05, 0.1) is 11.8 Å². The topological polar surface area (TPSA) is 64.3 Å². The van der Waals surface area contributed by atoms with Crippen molar-refractivity contribution < 1.29 is 9.53 Å². The number of aryl methyl sites for hydroxylation is 1. The zero-order valence-corrected chi connectivity index (χ0v) is 10.1. The van der Waals surface area contributed by atoms with E-state index >= 15 is 0 Å². The normalized spacial score (nSPS) is 10.3. The Kier molecular flexibility index (Phi) is 3.77. The lowest BCUT2D eigenvalue weighted by Crippen LogP contribution is -2.19. The van der Waals surface area contributed by atoms with Crippen molar-refractivity contribution in [1.29, 1.82) is 0 Å². The van der Waals surface area contributed by atoms with E-state index in [1.54, 1.807) is 13.8 Å². The molecule has 0 atom stereocenters. The van der Waals surface area contributed by atoms with E-state index in [2.05, 4.69) is 5.32 Å². The molecule has 0 aliphatic rings. The largest absolute Gasteiger partial charge is 0.447 e. The molecule has 0 unspecified atom stereocenters. The van der Waals surface area contributed by atoms with Gasteiger partial charge < -0.3 is 10.5 Å². The Morgan fingerprint density at radius 3 is 2.56 bits per heavy atom. The van der Waals surface area contributed by atoms with Crippen LogP contribution in [-0.2, 0) is 4.74 Å². The summed E-state index contributed by atoms with van der Waals surface area (Å²) in [6.07, 6.45) is -0.589. The molecule has 0 saturated carbocycles. The number of anilines is 2. The second-order valence-electron chi connectivity index (χ2n) is 4.05. The highest BCUT2D eigenvalue weighted by atomic mass is 16.6. The summed E-state index contributed by atoms with van der Waals surface area (Å²) in [6.45, 7) is 7.39. The maximum Gasteiger partial charge on any atom is 0.411 e. The Balaban J connectivity index is 2.88. The van der Waals surface area contributed by atoms with Crippen LogP contribution >= 0.6 is 0 Å². The molecule has 1 aromatic rings. The van der Waals surface area contributed by atoms with Gasteiger partial charge in [0.2, 0.25) is 0 Å². The summed E-state index contributed by atoms with van der Waals surface area (Å²) in [7, 11) is 0. The minimum atomic E-state index is -0.452. The SMILES string of the molecule is Cc1ccc(N)c(C)c1NC(=O)OC(C)C. The van der Waals surface area contributed by atoms with Crippen LogP contribution < -0.4 is 11.1 Å². The fourth-order valence-corrected chi connectivity index (χ4v) is 1.40. The molecule has 0 heterocycles. The number of amides is 1. The van der Waals surface area contributed by atoms with Crippen LogP contribution in [0.1, 0.15) is 25.0 Å². The van der Waals surface area contributed by atoms with E-state index in [1.807, 2.05) is 26.0 Å². The summed E-state index contributed by atoms with van der Waals surface area (Å²) >= 11 is 0. The summed E-state index contributed by atoms with van der Waals surface area (Å²) in [5, 5.41) is 2.71. The number of hydrogen-bond donors (Lipinski definition) is 2. The van der Waals surface area contributed by atoms with Crippen molar-refractivity contribution >= 4 is 17.5 Å². The molecule has 0 radical (unpaired) electrons. The number of rotatable bonds is 2. The van der Waals surface area contributed by atoms with Crippen LogP contribution in [-0.4, -0.2) is 12.2 Å². The lowest BCUT2D eigenvalue weighted by molar-refractivity contribution is 0.130. The quantitative estimate of drug-likeness (QED) is 0.756. The summed E-state index contributed by atoms with van der Waals surface area (Å²) in [6, 6.07) is 3.69. The summed E-state index contributed by atoms with van der Waals surface area (Å²) in [5.41, 5.74) is 8.99.